The van der Waals surface area contributed by atoms with Crippen molar-refractivity contribution in [3.63, 3.8) is 0 Å². The minimum atomic E-state index is 0.380. The van der Waals surface area contributed by atoms with Gasteiger partial charge in [-0.1, -0.05) is 13.8 Å². The highest BCUT2D eigenvalue weighted by molar-refractivity contribution is 5.64. The topological polar surface area (TPSA) is 53.6 Å². The molecule has 0 atom stereocenters. The second kappa shape index (κ2) is 4.44. The highest BCUT2D eigenvalue weighted by Gasteiger charge is 2.12. The number of rotatable bonds is 2. The van der Waals surface area contributed by atoms with Gasteiger partial charge in [-0.3, -0.25) is 5.10 Å². The molecule has 1 aliphatic heterocycles. The molecule has 94 valence electrons. The summed E-state index contributed by atoms with van der Waals surface area (Å²) in [7, 11) is 0. The number of hydrogen-bond acceptors (Lipinski definition) is 3. The van der Waals surface area contributed by atoms with Crippen LogP contribution in [0, 0.1) is 0 Å². The van der Waals surface area contributed by atoms with Gasteiger partial charge in [-0.15, -0.1) is 0 Å². The lowest BCUT2D eigenvalue weighted by Crippen LogP contribution is -2.11. The van der Waals surface area contributed by atoms with E-state index >= 15 is 0 Å². The molecular weight excluding hydrogens is 224 g/mol. The number of anilines is 1. The van der Waals surface area contributed by atoms with Crippen LogP contribution in [0.3, 0.4) is 0 Å². The maximum Gasteiger partial charge on any atom is 0.181 e. The van der Waals surface area contributed by atoms with Crippen LogP contribution in [0.15, 0.2) is 18.2 Å². The summed E-state index contributed by atoms with van der Waals surface area (Å²) >= 11 is 0. The second-order valence-corrected chi connectivity index (χ2v) is 5.10. The molecule has 0 radical (unpaired) electrons. The van der Waals surface area contributed by atoms with E-state index in [4.69, 9.17) is 0 Å². The maximum atomic E-state index is 4.54. The van der Waals surface area contributed by atoms with Crippen molar-refractivity contribution < 1.29 is 0 Å². The first-order valence-corrected chi connectivity index (χ1v) is 6.53. The number of nitrogens with zero attached hydrogens (tertiary/aromatic N) is 2. The number of aryl methyl sites for hydroxylation is 1. The van der Waals surface area contributed by atoms with E-state index in [9.17, 15) is 0 Å². The number of hydrogen-bond donors (Lipinski definition) is 2. The quantitative estimate of drug-likeness (QED) is 0.851. The van der Waals surface area contributed by atoms with Crippen molar-refractivity contribution in [2.75, 3.05) is 11.9 Å². The molecule has 0 bridgehead atoms. The molecule has 2 heterocycles. The van der Waals surface area contributed by atoms with Gasteiger partial charge in [0, 0.05) is 23.7 Å². The second-order valence-electron chi connectivity index (χ2n) is 5.10. The molecule has 0 unspecified atom stereocenters. The van der Waals surface area contributed by atoms with Gasteiger partial charge >= 0.3 is 0 Å². The molecule has 18 heavy (non-hydrogen) atoms. The van der Waals surface area contributed by atoms with Crippen LogP contribution >= 0.6 is 0 Å². The van der Waals surface area contributed by atoms with E-state index in [-0.39, 0.29) is 0 Å². The molecule has 0 spiro atoms. The smallest absolute Gasteiger partial charge is 0.181 e. The summed E-state index contributed by atoms with van der Waals surface area (Å²) in [5.74, 6) is 2.12. The predicted octanol–water partition coefficient (Wildman–Crippen LogP) is 2.95. The Morgan fingerprint density at radius 2 is 2.17 bits per heavy atom. The van der Waals surface area contributed by atoms with Gasteiger partial charge in [0.25, 0.3) is 0 Å². The number of H-pyrrole nitrogens is 1. The molecule has 0 saturated carbocycles. The predicted molar refractivity (Wildman–Crippen MR) is 72.7 cm³/mol. The minimum Gasteiger partial charge on any atom is -0.385 e. The van der Waals surface area contributed by atoms with E-state index in [0.29, 0.717) is 5.92 Å². The summed E-state index contributed by atoms with van der Waals surface area (Å²) in [5, 5.41) is 10.7. The Hall–Kier alpha value is -1.84. The molecule has 3 rings (SSSR count). The largest absolute Gasteiger partial charge is 0.385 e. The third kappa shape index (κ3) is 1.98. The fourth-order valence-electron chi connectivity index (χ4n) is 2.28. The number of aromatic amines is 1. The molecule has 1 aromatic heterocycles. The van der Waals surface area contributed by atoms with Gasteiger partial charge in [0.15, 0.2) is 5.82 Å². The molecule has 0 aliphatic carbocycles. The van der Waals surface area contributed by atoms with Crippen LogP contribution in [-0.4, -0.2) is 21.7 Å². The summed E-state index contributed by atoms with van der Waals surface area (Å²) in [5.41, 5.74) is 3.72. The third-order valence-corrected chi connectivity index (χ3v) is 3.35. The molecule has 1 aromatic carbocycles. The van der Waals surface area contributed by atoms with Crippen LogP contribution in [0.5, 0.6) is 0 Å². The first-order chi connectivity index (χ1) is 8.74. The maximum absolute atomic E-state index is 4.54. The molecule has 0 amide bonds. The minimum absolute atomic E-state index is 0.380. The zero-order chi connectivity index (χ0) is 12.5. The number of aromatic nitrogens is 3. The van der Waals surface area contributed by atoms with E-state index in [1.165, 1.54) is 17.7 Å². The molecule has 4 nitrogen and oxygen atoms in total. The molecule has 1 aliphatic rings. The van der Waals surface area contributed by atoms with E-state index in [1.54, 1.807) is 0 Å². The van der Waals surface area contributed by atoms with Crippen molar-refractivity contribution in [1.82, 2.24) is 15.2 Å². The van der Waals surface area contributed by atoms with Crippen molar-refractivity contribution >= 4 is 5.69 Å². The van der Waals surface area contributed by atoms with Crippen LogP contribution in [-0.2, 0) is 6.42 Å². The van der Waals surface area contributed by atoms with Crippen molar-refractivity contribution in [3.8, 4) is 11.4 Å². The monoisotopic (exact) mass is 242 g/mol. The van der Waals surface area contributed by atoms with Crippen molar-refractivity contribution in [1.29, 1.82) is 0 Å². The van der Waals surface area contributed by atoms with Crippen LogP contribution in [0.1, 0.15) is 37.6 Å². The average molecular weight is 242 g/mol. The van der Waals surface area contributed by atoms with Crippen molar-refractivity contribution in [2.24, 2.45) is 0 Å². The van der Waals surface area contributed by atoms with Crippen LogP contribution in [0.4, 0.5) is 5.69 Å². The highest BCUT2D eigenvalue weighted by atomic mass is 15.2. The normalized spacial score (nSPS) is 14.4. The van der Waals surface area contributed by atoms with E-state index in [2.05, 4.69) is 52.5 Å². The van der Waals surface area contributed by atoms with Crippen LogP contribution in [0.25, 0.3) is 11.4 Å². The molecule has 0 saturated heterocycles. The first kappa shape index (κ1) is 11.3. The Balaban J connectivity index is 1.95. The summed E-state index contributed by atoms with van der Waals surface area (Å²) < 4.78 is 0. The number of benzene rings is 1. The average Bonchev–Trinajstić information content (AvgIpc) is 2.88. The van der Waals surface area contributed by atoms with Crippen LogP contribution < -0.4 is 5.32 Å². The highest BCUT2D eigenvalue weighted by Crippen LogP contribution is 2.27. The Bertz CT molecular complexity index is 557. The van der Waals surface area contributed by atoms with E-state index < -0.39 is 0 Å². The fraction of sp³-hybridized carbons (Fsp3) is 0.429. The third-order valence-electron chi connectivity index (χ3n) is 3.35. The summed E-state index contributed by atoms with van der Waals surface area (Å²) in [6, 6.07) is 6.43. The Kier molecular flexibility index (Phi) is 2.78. The van der Waals surface area contributed by atoms with Gasteiger partial charge in [0.05, 0.1) is 0 Å². The Morgan fingerprint density at radius 3 is 2.94 bits per heavy atom. The van der Waals surface area contributed by atoms with Crippen molar-refractivity contribution in [2.45, 2.75) is 32.6 Å². The zero-order valence-corrected chi connectivity index (χ0v) is 10.8. The zero-order valence-electron chi connectivity index (χ0n) is 10.8. The SMILES string of the molecule is CC(C)c1nc(-c2ccc3c(c2)CCCN3)n[nH]1. The molecule has 0 fully saturated rings. The first-order valence-electron chi connectivity index (χ1n) is 6.53. The van der Waals surface area contributed by atoms with Gasteiger partial charge in [-0.25, -0.2) is 4.98 Å². The van der Waals surface area contributed by atoms with Crippen LogP contribution in [0.2, 0.25) is 0 Å². The van der Waals surface area contributed by atoms with Gasteiger partial charge in [-0.2, -0.15) is 5.10 Å². The molecule has 2 aromatic rings. The molecule has 2 N–H and O–H groups in total. The number of fused-ring (bicyclic) bond motifs is 1. The van der Waals surface area contributed by atoms with Gasteiger partial charge < -0.3 is 5.32 Å². The fourth-order valence-corrected chi connectivity index (χ4v) is 2.28. The van der Waals surface area contributed by atoms with Gasteiger partial charge in [0.1, 0.15) is 5.82 Å². The standard InChI is InChI=1S/C14H18N4/c1-9(2)13-16-14(18-17-13)11-5-6-12-10(8-11)4-3-7-15-12/h5-6,8-9,15H,3-4,7H2,1-2H3,(H,16,17,18). The lowest BCUT2D eigenvalue weighted by molar-refractivity contribution is 0.781. The van der Waals surface area contributed by atoms with Gasteiger partial charge in [0.2, 0.25) is 0 Å². The molecular formula is C14H18N4. The lowest BCUT2D eigenvalue weighted by Gasteiger charge is -2.18. The summed E-state index contributed by atoms with van der Waals surface area (Å²) in [6.45, 7) is 5.30. The Morgan fingerprint density at radius 1 is 1.28 bits per heavy atom. The summed E-state index contributed by atoms with van der Waals surface area (Å²) in [4.78, 5) is 4.54. The Labute approximate surface area is 107 Å². The molecule has 4 heteroatoms. The van der Waals surface area contributed by atoms with Gasteiger partial charge in [-0.05, 0) is 36.6 Å². The van der Waals surface area contributed by atoms with E-state index in [1.807, 2.05) is 0 Å². The lowest BCUT2D eigenvalue weighted by atomic mass is 10.0. The van der Waals surface area contributed by atoms with Crippen molar-refractivity contribution in [3.05, 3.63) is 29.6 Å². The van der Waals surface area contributed by atoms with E-state index in [0.717, 1.165) is 30.2 Å². The number of nitrogens with one attached hydrogen (secondary N) is 2. The summed E-state index contributed by atoms with van der Waals surface area (Å²) in [6.07, 6.45) is 2.33.